The van der Waals surface area contributed by atoms with Gasteiger partial charge in [-0.25, -0.2) is 0 Å². The first-order valence-electron chi connectivity index (χ1n) is 8.99. The minimum Gasteiger partial charge on any atom is -0.344 e. The van der Waals surface area contributed by atoms with E-state index < -0.39 is 0 Å². The molecular formula is C21H24Cl2N2O. The number of piperidine rings is 1. The molecule has 0 spiro atoms. The van der Waals surface area contributed by atoms with E-state index >= 15 is 0 Å². The summed E-state index contributed by atoms with van der Waals surface area (Å²) in [6.07, 6.45) is 3.42. The smallest absolute Gasteiger partial charge is 0.253 e. The van der Waals surface area contributed by atoms with Crippen molar-refractivity contribution in [2.75, 3.05) is 13.6 Å². The van der Waals surface area contributed by atoms with Gasteiger partial charge < -0.3 is 10.2 Å². The van der Waals surface area contributed by atoms with Crippen LogP contribution in [-0.4, -0.2) is 30.4 Å². The lowest BCUT2D eigenvalue weighted by atomic mass is 9.91. The van der Waals surface area contributed by atoms with Gasteiger partial charge in [0.1, 0.15) is 0 Å². The number of aryl methyl sites for hydroxylation is 1. The third-order valence-corrected chi connectivity index (χ3v) is 5.99. The maximum Gasteiger partial charge on any atom is 0.253 e. The molecule has 0 aromatic heterocycles. The van der Waals surface area contributed by atoms with Crippen LogP contribution in [0.15, 0.2) is 42.5 Å². The number of rotatable bonds is 4. The first-order valence-corrected chi connectivity index (χ1v) is 9.75. The van der Waals surface area contributed by atoms with E-state index in [0.29, 0.717) is 15.6 Å². The fourth-order valence-corrected chi connectivity index (χ4v) is 4.18. The minimum absolute atomic E-state index is 0.0940. The summed E-state index contributed by atoms with van der Waals surface area (Å²) in [5, 5.41) is 3.94. The maximum atomic E-state index is 13.1. The third-order valence-electron chi connectivity index (χ3n) is 5.19. The van der Waals surface area contributed by atoms with Gasteiger partial charge in [0.05, 0.1) is 21.7 Å². The molecule has 1 heterocycles. The van der Waals surface area contributed by atoms with E-state index in [1.807, 2.05) is 31.2 Å². The molecule has 2 aromatic rings. The lowest BCUT2D eigenvalue weighted by Crippen LogP contribution is -2.47. The second-order valence-corrected chi connectivity index (χ2v) is 7.74. The molecule has 0 saturated carbocycles. The molecule has 0 bridgehead atoms. The van der Waals surface area contributed by atoms with E-state index in [2.05, 4.69) is 29.4 Å². The summed E-state index contributed by atoms with van der Waals surface area (Å²) in [4.78, 5) is 15.4. The third kappa shape index (κ3) is 4.06. The lowest BCUT2D eigenvalue weighted by molar-refractivity contribution is 0.0870. The lowest BCUT2D eigenvalue weighted by Gasteiger charge is -2.38. The summed E-state index contributed by atoms with van der Waals surface area (Å²) < 4.78 is 0. The van der Waals surface area contributed by atoms with Gasteiger partial charge in [-0.15, -0.1) is 0 Å². The number of likely N-dealkylation sites (N-methyl/N-ethyl adjacent to an activating group) is 1. The molecule has 2 atom stereocenters. The van der Waals surface area contributed by atoms with Crippen molar-refractivity contribution < 1.29 is 4.79 Å². The quantitative estimate of drug-likeness (QED) is 0.771. The van der Waals surface area contributed by atoms with Crippen molar-refractivity contribution in [2.45, 2.75) is 38.3 Å². The number of hydrogen-bond acceptors (Lipinski definition) is 2. The molecule has 1 amide bonds. The topological polar surface area (TPSA) is 32.3 Å². The molecule has 0 radical (unpaired) electrons. The van der Waals surface area contributed by atoms with Crippen molar-refractivity contribution in [1.29, 1.82) is 0 Å². The number of halogens is 2. The van der Waals surface area contributed by atoms with Crippen molar-refractivity contribution in [3.63, 3.8) is 0 Å². The maximum absolute atomic E-state index is 13.1. The van der Waals surface area contributed by atoms with Crippen LogP contribution in [0.25, 0.3) is 0 Å². The fourth-order valence-electron chi connectivity index (χ4n) is 3.72. The minimum atomic E-state index is -0.178. The first kappa shape index (κ1) is 19.2. The predicted molar refractivity (Wildman–Crippen MR) is 108 cm³/mol. The SMILES string of the molecule is Cc1ccc(Cl)c(Cl)c1C(=O)N[C@@H](c1ccccc1)[C@@H]1CCCCN1C. The molecule has 5 heteroatoms. The Balaban J connectivity index is 1.93. The molecule has 3 nitrogen and oxygen atoms in total. The zero-order valence-electron chi connectivity index (χ0n) is 15.1. The highest BCUT2D eigenvalue weighted by Gasteiger charge is 2.31. The van der Waals surface area contributed by atoms with Crippen molar-refractivity contribution in [2.24, 2.45) is 0 Å². The Kier molecular flexibility index (Phi) is 6.23. The van der Waals surface area contributed by atoms with Crippen LogP contribution in [0.3, 0.4) is 0 Å². The van der Waals surface area contributed by atoms with Gasteiger partial charge in [0.2, 0.25) is 0 Å². The molecule has 26 heavy (non-hydrogen) atoms. The monoisotopic (exact) mass is 390 g/mol. The van der Waals surface area contributed by atoms with Crippen LogP contribution < -0.4 is 5.32 Å². The van der Waals surface area contributed by atoms with Crippen LogP contribution in [0.5, 0.6) is 0 Å². The molecular weight excluding hydrogens is 367 g/mol. The number of amides is 1. The van der Waals surface area contributed by atoms with Gasteiger partial charge >= 0.3 is 0 Å². The molecule has 0 unspecified atom stereocenters. The average molecular weight is 391 g/mol. The van der Waals surface area contributed by atoms with Gasteiger partial charge in [0.15, 0.2) is 0 Å². The number of carbonyl (C=O) groups is 1. The highest BCUT2D eigenvalue weighted by Crippen LogP contribution is 2.31. The molecule has 0 aliphatic carbocycles. The molecule has 1 N–H and O–H groups in total. The predicted octanol–water partition coefficient (Wildman–Crippen LogP) is 5.26. The largest absolute Gasteiger partial charge is 0.344 e. The van der Waals surface area contributed by atoms with E-state index in [0.717, 1.165) is 24.1 Å². The Bertz CT molecular complexity index is 779. The Morgan fingerprint density at radius 2 is 1.88 bits per heavy atom. The van der Waals surface area contributed by atoms with Crippen LogP contribution in [0.1, 0.15) is 46.8 Å². The summed E-state index contributed by atoms with van der Waals surface area (Å²) in [5.74, 6) is -0.178. The van der Waals surface area contributed by atoms with E-state index in [4.69, 9.17) is 23.2 Å². The van der Waals surface area contributed by atoms with Crippen molar-refractivity contribution >= 4 is 29.1 Å². The second kappa shape index (κ2) is 8.43. The zero-order valence-corrected chi connectivity index (χ0v) is 16.6. The van der Waals surface area contributed by atoms with Gasteiger partial charge in [-0.1, -0.05) is 66.0 Å². The van der Waals surface area contributed by atoms with Crippen LogP contribution >= 0.6 is 23.2 Å². The summed E-state index contributed by atoms with van der Waals surface area (Å²) in [7, 11) is 2.13. The number of hydrogen-bond donors (Lipinski definition) is 1. The number of nitrogens with zero attached hydrogens (tertiary/aromatic N) is 1. The van der Waals surface area contributed by atoms with Crippen LogP contribution in [0.4, 0.5) is 0 Å². The zero-order chi connectivity index (χ0) is 18.7. The number of likely N-dealkylation sites (tertiary alicyclic amines) is 1. The Labute approximate surface area is 165 Å². The van der Waals surface area contributed by atoms with Crippen molar-refractivity contribution in [3.05, 3.63) is 69.2 Å². The Hall–Kier alpha value is -1.55. The Morgan fingerprint density at radius 1 is 1.15 bits per heavy atom. The highest BCUT2D eigenvalue weighted by molar-refractivity contribution is 6.44. The van der Waals surface area contributed by atoms with E-state index in [1.165, 1.54) is 12.8 Å². The average Bonchev–Trinajstić information content (AvgIpc) is 2.64. The molecule has 138 valence electrons. The standard InChI is InChI=1S/C21H24Cl2N2O/c1-14-11-12-16(22)19(23)18(14)21(26)24-20(15-8-4-3-5-9-15)17-10-6-7-13-25(17)2/h3-5,8-9,11-12,17,20H,6-7,10,13H2,1-2H3,(H,24,26)/t17-,20-/m0/s1. The van der Waals surface area contributed by atoms with Crippen LogP contribution in [0, 0.1) is 6.92 Å². The normalized spacial score (nSPS) is 19.2. The molecule has 1 fully saturated rings. The van der Waals surface area contributed by atoms with Gasteiger partial charge in [-0.05, 0) is 50.6 Å². The molecule has 1 aliphatic rings. The van der Waals surface area contributed by atoms with E-state index in [-0.39, 0.29) is 18.0 Å². The molecule has 2 aromatic carbocycles. The molecule has 1 saturated heterocycles. The van der Waals surface area contributed by atoms with E-state index in [9.17, 15) is 4.79 Å². The summed E-state index contributed by atoms with van der Waals surface area (Å²) in [5.41, 5.74) is 2.38. The first-order chi connectivity index (χ1) is 12.5. The summed E-state index contributed by atoms with van der Waals surface area (Å²) in [6.45, 7) is 2.92. The van der Waals surface area contributed by atoms with Gasteiger partial charge in [0, 0.05) is 6.04 Å². The highest BCUT2D eigenvalue weighted by atomic mass is 35.5. The van der Waals surface area contributed by atoms with Gasteiger partial charge in [0.25, 0.3) is 5.91 Å². The number of carbonyl (C=O) groups excluding carboxylic acids is 1. The van der Waals surface area contributed by atoms with Crippen LogP contribution in [0.2, 0.25) is 10.0 Å². The Morgan fingerprint density at radius 3 is 2.58 bits per heavy atom. The number of benzene rings is 2. The van der Waals surface area contributed by atoms with Gasteiger partial charge in [-0.3, -0.25) is 4.79 Å². The second-order valence-electron chi connectivity index (χ2n) is 6.96. The van der Waals surface area contributed by atoms with Crippen molar-refractivity contribution in [3.8, 4) is 0 Å². The fraction of sp³-hybridized carbons (Fsp3) is 0.381. The number of nitrogens with one attached hydrogen (secondary N) is 1. The van der Waals surface area contributed by atoms with Crippen molar-refractivity contribution in [1.82, 2.24) is 10.2 Å². The summed E-state index contributed by atoms with van der Waals surface area (Å²) >= 11 is 12.5. The summed E-state index contributed by atoms with van der Waals surface area (Å²) in [6, 6.07) is 13.9. The molecule has 3 rings (SSSR count). The van der Waals surface area contributed by atoms with E-state index in [1.54, 1.807) is 6.07 Å². The molecule has 1 aliphatic heterocycles. The van der Waals surface area contributed by atoms with Crippen LogP contribution in [-0.2, 0) is 0 Å². The van der Waals surface area contributed by atoms with Gasteiger partial charge in [-0.2, -0.15) is 0 Å².